The Morgan fingerprint density at radius 1 is 1.45 bits per heavy atom. The number of nitrogens with one attached hydrogen (secondary N) is 1. The lowest BCUT2D eigenvalue weighted by Crippen LogP contribution is -2.14. The summed E-state index contributed by atoms with van der Waals surface area (Å²) >= 11 is 0. The van der Waals surface area contributed by atoms with Gasteiger partial charge in [-0.25, -0.2) is 4.39 Å². The minimum Gasteiger partial charge on any atom is -0.493 e. The molecule has 1 aromatic carbocycles. The summed E-state index contributed by atoms with van der Waals surface area (Å²) < 4.78 is 20.9. The molecule has 1 N–H and O–H groups in total. The van der Waals surface area contributed by atoms with Gasteiger partial charge in [0, 0.05) is 31.3 Å². The van der Waals surface area contributed by atoms with E-state index in [1.165, 1.54) is 12.1 Å². The van der Waals surface area contributed by atoms with E-state index >= 15 is 0 Å². The van der Waals surface area contributed by atoms with Crippen LogP contribution in [0.15, 0.2) is 30.6 Å². The predicted molar refractivity (Wildman–Crippen MR) is 76.3 cm³/mol. The molecule has 0 fully saturated rings. The van der Waals surface area contributed by atoms with E-state index < -0.39 is 0 Å². The minimum atomic E-state index is -0.248. The summed E-state index contributed by atoms with van der Waals surface area (Å²) in [4.78, 5) is 0. The number of hydrogen-bond donors (Lipinski definition) is 1. The van der Waals surface area contributed by atoms with Crippen molar-refractivity contribution in [1.82, 2.24) is 15.1 Å². The van der Waals surface area contributed by atoms with Crippen molar-refractivity contribution in [1.29, 1.82) is 0 Å². The second kappa shape index (κ2) is 6.52. The van der Waals surface area contributed by atoms with Crippen LogP contribution in [0.5, 0.6) is 5.75 Å². The summed E-state index contributed by atoms with van der Waals surface area (Å²) in [6, 6.07) is 4.66. The van der Waals surface area contributed by atoms with Gasteiger partial charge in [0.15, 0.2) is 0 Å². The fraction of sp³-hybridized carbons (Fsp3) is 0.400. The van der Waals surface area contributed by atoms with Gasteiger partial charge < -0.3 is 10.1 Å². The van der Waals surface area contributed by atoms with Crippen molar-refractivity contribution in [2.75, 3.05) is 13.7 Å². The van der Waals surface area contributed by atoms with E-state index in [4.69, 9.17) is 4.74 Å². The second-order valence-corrected chi connectivity index (χ2v) is 4.81. The molecular weight excluding hydrogens is 257 g/mol. The van der Waals surface area contributed by atoms with Gasteiger partial charge in [-0.15, -0.1) is 0 Å². The Kier molecular flexibility index (Phi) is 4.74. The Hall–Kier alpha value is -1.88. The van der Waals surface area contributed by atoms with Crippen LogP contribution in [0.4, 0.5) is 4.39 Å². The first kappa shape index (κ1) is 14.5. The number of halogens is 1. The van der Waals surface area contributed by atoms with E-state index in [-0.39, 0.29) is 11.9 Å². The summed E-state index contributed by atoms with van der Waals surface area (Å²) in [5, 5.41) is 7.21. The number of benzene rings is 1. The van der Waals surface area contributed by atoms with Crippen molar-refractivity contribution in [3.8, 4) is 5.75 Å². The van der Waals surface area contributed by atoms with E-state index in [0.717, 1.165) is 23.3 Å². The molecule has 1 atom stereocenters. The number of ether oxygens (including phenoxy) is 1. The van der Waals surface area contributed by atoms with Crippen LogP contribution in [0, 0.1) is 5.82 Å². The first-order valence-electron chi connectivity index (χ1n) is 6.67. The van der Waals surface area contributed by atoms with Gasteiger partial charge in [-0.3, -0.25) is 4.68 Å². The van der Waals surface area contributed by atoms with Crippen LogP contribution in [0.25, 0.3) is 0 Å². The lowest BCUT2D eigenvalue weighted by atomic mass is 10.1. The van der Waals surface area contributed by atoms with Gasteiger partial charge in [0.25, 0.3) is 0 Å². The van der Waals surface area contributed by atoms with Crippen LogP contribution in [-0.4, -0.2) is 23.4 Å². The zero-order valence-electron chi connectivity index (χ0n) is 12.1. The number of nitrogens with zero attached hydrogens (tertiary/aromatic N) is 2. The highest BCUT2D eigenvalue weighted by Crippen LogP contribution is 2.26. The number of hydrogen-bond acceptors (Lipinski definition) is 3. The predicted octanol–water partition coefficient (Wildman–Crippen LogP) is 2.46. The van der Waals surface area contributed by atoms with E-state index in [0.29, 0.717) is 6.61 Å². The maximum Gasteiger partial charge on any atom is 0.124 e. The van der Waals surface area contributed by atoms with Gasteiger partial charge in [0.05, 0.1) is 12.8 Å². The quantitative estimate of drug-likeness (QED) is 0.881. The molecule has 20 heavy (non-hydrogen) atoms. The van der Waals surface area contributed by atoms with Gasteiger partial charge in [-0.05, 0) is 37.7 Å². The van der Waals surface area contributed by atoms with Crippen LogP contribution < -0.4 is 10.1 Å². The Balaban J connectivity index is 2.01. The maximum absolute atomic E-state index is 13.3. The van der Waals surface area contributed by atoms with Crippen LogP contribution in [-0.2, 0) is 13.5 Å². The van der Waals surface area contributed by atoms with Gasteiger partial charge in [-0.2, -0.15) is 5.10 Å². The molecule has 0 bridgehead atoms. The zero-order valence-corrected chi connectivity index (χ0v) is 12.1. The lowest BCUT2D eigenvalue weighted by Gasteiger charge is -2.16. The molecule has 5 heteroatoms. The summed E-state index contributed by atoms with van der Waals surface area (Å²) in [6.45, 7) is 2.52. The van der Waals surface area contributed by atoms with Gasteiger partial charge in [0.1, 0.15) is 11.6 Å². The Morgan fingerprint density at radius 3 is 2.90 bits per heavy atom. The molecule has 0 radical (unpaired) electrons. The first-order chi connectivity index (χ1) is 9.60. The van der Waals surface area contributed by atoms with E-state index in [9.17, 15) is 4.39 Å². The topological polar surface area (TPSA) is 39.1 Å². The standard InChI is InChI=1S/C15H20FN3O/c1-11(17-2)14-8-13(16)4-5-15(14)20-7-6-12-9-18-19(3)10-12/h4-5,8-11,17H,6-7H2,1-3H3. The second-order valence-electron chi connectivity index (χ2n) is 4.81. The average Bonchev–Trinajstić information content (AvgIpc) is 2.85. The van der Waals surface area contributed by atoms with Crippen LogP contribution in [0.2, 0.25) is 0 Å². The van der Waals surface area contributed by atoms with Crippen LogP contribution >= 0.6 is 0 Å². The molecule has 0 saturated heterocycles. The molecule has 1 unspecified atom stereocenters. The molecular formula is C15H20FN3O. The van der Waals surface area contributed by atoms with E-state index in [1.54, 1.807) is 10.7 Å². The molecule has 0 aliphatic carbocycles. The third-order valence-electron chi connectivity index (χ3n) is 3.28. The fourth-order valence-corrected chi connectivity index (χ4v) is 2.02. The van der Waals surface area contributed by atoms with Crippen molar-refractivity contribution in [2.45, 2.75) is 19.4 Å². The van der Waals surface area contributed by atoms with E-state index in [1.807, 2.05) is 33.4 Å². The molecule has 0 saturated carbocycles. The van der Waals surface area contributed by atoms with Crippen molar-refractivity contribution in [3.63, 3.8) is 0 Å². The highest BCUT2D eigenvalue weighted by Gasteiger charge is 2.11. The van der Waals surface area contributed by atoms with Crippen molar-refractivity contribution < 1.29 is 9.13 Å². The third-order valence-corrected chi connectivity index (χ3v) is 3.28. The SMILES string of the molecule is CNC(C)c1cc(F)ccc1OCCc1cnn(C)c1. The average molecular weight is 277 g/mol. The molecule has 2 aromatic rings. The maximum atomic E-state index is 13.3. The molecule has 0 aliphatic heterocycles. The van der Waals surface area contributed by atoms with Crippen molar-refractivity contribution in [2.24, 2.45) is 7.05 Å². The van der Waals surface area contributed by atoms with Gasteiger partial charge in [-0.1, -0.05) is 0 Å². The van der Waals surface area contributed by atoms with Crippen LogP contribution in [0.3, 0.4) is 0 Å². The number of aromatic nitrogens is 2. The Bertz CT molecular complexity index is 568. The normalized spacial score (nSPS) is 12.4. The van der Waals surface area contributed by atoms with Crippen molar-refractivity contribution >= 4 is 0 Å². The fourth-order valence-electron chi connectivity index (χ4n) is 2.02. The van der Waals surface area contributed by atoms with E-state index in [2.05, 4.69) is 10.4 Å². The molecule has 108 valence electrons. The summed E-state index contributed by atoms with van der Waals surface area (Å²) in [5.74, 6) is 0.471. The Morgan fingerprint density at radius 2 is 2.25 bits per heavy atom. The number of aryl methyl sites for hydroxylation is 1. The number of rotatable bonds is 6. The third kappa shape index (κ3) is 3.57. The molecule has 0 amide bonds. The monoisotopic (exact) mass is 277 g/mol. The first-order valence-corrected chi connectivity index (χ1v) is 6.67. The molecule has 0 spiro atoms. The molecule has 1 aromatic heterocycles. The molecule has 4 nitrogen and oxygen atoms in total. The molecule has 2 rings (SSSR count). The smallest absolute Gasteiger partial charge is 0.124 e. The summed E-state index contributed by atoms with van der Waals surface area (Å²) in [5.41, 5.74) is 1.96. The largest absolute Gasteiger partial charge is 0.493 e. The minimum absolute atomic E-state index is 0.0408. The zero-order chi connectivity index (χ0) is 14.5. The van der Waals surface area contributed by atoms with Crippen molar-refractivity contribution in [3.05, 3.63) is 47.5 Å². The Labute approximate surface area is 118 Å². The molecule has 0 aliphatic rings. The van der Waals surface area contributed by atoms with Gasteiger partial charge >= 0.3 is 0 Å². The van der Waals surface area contributed by atoms with Gasteiger partial charge in [0.2, 0.25) is 0 Å². The highest BCUT2D eigenvalue weighted by atomic mass is 19.1. The highest BCUT2D eigenvalue weighted by molar-refractivity contribution is 5.36. The lowest BCUT2D eigenvalue weighted by molar-refractivity contribution is 0.315. The van der Waals surface area contributed by atoms with Crippen LogP contribution in [0.1, 0.15) is 24.1 Å². The summed E-state index contributed by atoms with van der Waals surface area (Å²) in [7, 11) is 3.73. The molecule has 1 heterocycles. The summed E-state index contributed by atoms with van der Waals surface area (Å²) in [6.07, 6.45) is 4.56.